The highest BCUT2D eigenvalue weighted by molar-refractivity contribution is 6.00. The maximum atomic E-state index is 13.0. The summed E-state index contributed by atoms with van der Waals surface area (Å²) in [5, 5.41) is 14.3. The van der Waals surface area contributed by atoms with Crippen LogP contribution >= 0.6 is 0 Å². The van der Waals surface area contributed by atoms with Gasteiger partial charge < -0.3 is 24.3 Å². The molecule has 172 valence electrons. The summed E-state index contributed by atoms with van der Waals surface area (Å²) < 4.78 is 34.1. The standard InChI is InChI=1S/C23H21FN2O7/c1-30-19-12-18(20(26(28)29)22(32-3)21(19)31-2)23(27)25-13-14-4-8-16(9-5-14)33-17-10-6-15(24)7-11-17/h4-12H,13H2,1-3H3,(H,25,27). The SMILES string of the molecule is COc1cc(C(=O)NCc2ccc(Oc3ccc(F)cc3)cc2)c([N+](=O)[O-])c(OC)c1OC. The minimum atomic E-state index is -0.711. The Morgan fingerprint density at radius 2 is 1.52 bits per heavy atom. The van der Waals surface area contributed by atoms with E-state index >= 15 is 0 Å². The summed E-state index contributed by atoms with van der Waals surface area (Å²) in [5.74, 6) is -0.126. The van der Waals surface area contributed by atoms with Gasteiger partial charge in [0.15, 0.2) is 5.75 Å². The van der Waals surface area contributed by atoms with E-state index in [0.717, 1.165) is 5.56 Å². The second-order valence-corrected chi connectivity index (χ2v) is 6.68. The molecular weight excluding hydrogens is 435 g/mol. The number of hydrogen-bond donors (Lipinski definition) is 1. The number of methoxy groups -OCH3 is 3. The summed E-state index contributed by atoms with van der Waals surface area (Å²) in [5.41, 5.74) is -0.0358. The van der Waals surface area contributed by atoms with Crippen molar-refractivity contribution in [2.45, 2.75) is 6.54 Å². The molecule has 0 bridgehead atoms. The molecule has 0 unspecified atom stereocenters. The highest BCUT2D eigenvalue weighted by atomic mass is 19.1. The molecule has 0 aromatic heterocycles. The number of rotatable bonds is 9. The average molecular weight is 456 g/mol. The summed E-state index contributed by atoms with van der Waals surface area (Å²) in [6.07, 6.45) is 0. The Bertz CT molecular complexity index is 1150. The smallest absolute Gasteiger partial charge is 0.327 e. The number of nitrogens with zero attached hydrogens (tertiary/aromatic N) is 1. The van der Waals surface area contributed by atoms with Crippen LogP contribution < -0.4 is 24.3 Å². The molecule has 3 aromatic rings. The van der Waals surface area contributed by atoms with E-state index < -0.39 is 16.5 Å². The normalized spacial score (nSPS) is 10.3. The first-order chi connectivity index (χ1) is 15.9. The van der Waals surface area contributed by atoms with E-state index in [1.54, 1.807) is 24.3 Å². The Balaban J connectivity index is 1.76. The first-order valence-electron chi connectivity index (χ1n) is 9.65. The monoisotopic (exact) mass is 456 g/mol. The van der Waals surface area contributed by atoms with Crippen LogP contribution in [-0.4, -0.2) is 32.2 Å². The number of nitro groups is 1. The fraction of sp³-hybridized carbons (Fsp3) is 0.174. The maximum Gasteiger partial charge on any atom is 0.327 e. The van der Waals surface area contributed by atoms with Crippen LogP contribution in [0.4, 0.5) is 10.1 Å². The predicted octanol–water partition coefficient (Wildman–Crippen LogP) is 4.48. The highest BCUT2D eigenvalue weighted by Gasteiger charge is 2.32. The Hall–Kier alpha value is -4.34. The van der Waals surface area contributed by atoms with Crippen molar-refractivity contribution >= 4 is 11.6 Å². The average Bonchev–Trinajstić information content (AvgIpc) is 2.83. The number of amides is 1. The molecule has 0 radical (unpaired) electrons. The van der Waals surface area contributed by atoms with Crippen molar-refractivity contribution in [2.75, 3.05) is 21.3 Å². The Kier molecular flexibility index (Phi) is 7.29. The molecule has 0 aliphatic carbocycles. The van der Waals surface area contributed by atoms with E-state index in [0.29, 0.717) is 11.5 Å². The number of carbonyl (C=O) groups excluding carboxylic acids is 1. The van der Waals surface area contributed by atoms with Crippen molar-refractivity contribution in [3.63, 3.8) is 0 Å². The van der Waals surface area contributed by atoms with E-state index in [4.69, 9.17) is 18.9 Å². The van der Waals surface area contributed by atoms with Gasteiger partial charge >= 0.3 is 5.69 Å². The second kappa shape index (κ2) is 10.3. The Morgan fingerprint density at radius 1 is 0.939 bits per heavy atom. The van der Waals surface area contributed by atoms with Crippen molar-refractivity contribution in [1.29, 1.82) is 0 Å². The minimum absolute atomic E-state index is 0.0139. The molecule has 10 heteroatoms. The molecule has 0 saturated heterocycles. The summed E-state index contributed by atoms with van der Waals surface area (Å²) in [4.78, 5) is 23.7. The Labute approximate surface area is 188 Å². The molecule has 0 aliphatic heterocycles. The van der Waals surface area contributed by atoms with Crippen LogP contribution in [0, 0.1) is 15.9 Å². The van der Waals surface area contributed by atoms with Crippen LogP contribution in [0.1, 0.15) is 15.9 Å². The van der Waals surface area contributed by atoms with Crippen LogP contribution in [0.25, 0.3) is 0 Å². The quantitative estimate of drug-likeness (QED) is 0.373. The number of hydrogen-bond acceptors (Lipinski definition) is 7. The molecule has 3 rings (SSSR count). The molecule has 1 amide bonds. The van der Waals surface area contributed by atoms with Gasteiger partial charge in [-0.3, -0.25) is 14.9 Å². The van der Waals surface area contributed by atoms with Crippen LogP contribution in [0.15, 0.2) is 54.6 Å². The van der Waals surface area contributed by atoms with Crippen LogP contribution in [0.3, 0.4) is 0 Å². The molecule has 1 N–H and O–H groups in total. The second-order valence-electron chi connectivity index (χ2n) is 6.68. The third kappa shape index (κ3) is 5.29. The maximum absolute atomic E-state index is 13.0. The summed E-state index contributed by atoms with van der Waals surface area (Å²) in [6, 6.07) is 13.7. The third-order valence-corrected chi connectivity index (χ3v) is 4.66. The number of nitrogens with one attached hydrogen (secondary N) is 1. The topological polar surface area (TPSA) is 109 Å². The van der Waals surface area contributed by atoms with Gasteiger partial charge in [0, 0.05) is 12.6 Å². The van der Waals surface area contributed by atoms with Crippen molar-refractivity contribution in [2.24, 2.45) is 0 Å². The first-order valence-corrected chi connectivity index (χ1v) is 9.65. The molecule has 0 fully saturated rings. The van der Waals surface area contributed by atoms with Crippen molar-refractivity contribution in [3.05, 3.63) is 81.7 Å². The van der Waals surface area contributed by atoms with Crippen molar-refractivity contribution in [3.8, 4) is 28.7 Å². The molecular formula is C23H21FN2O7. The van der Waals surface area contributed by atoms with Gasteiger partial charge in [0.05, 0.1) is 26.3 Å². The molecule has 33 heavy (non-hydrogen) atoms. The molecule has 9 nitrogen and oxygen atoms in total. The fourth-order valence-electron chi connectivity index (χ4n) is 3.09. The van der Waals surface area contributed by atoms with Gasteiger partial charge in [0.2, 0.25) is 11.5 Å². The van der Waals surface area contributed by atoms with E-state index in [9.17, 15) is 19.3 Å². The number of halogens is 1. The number of ether oxygens (including phenoxy) is 4. The zero-order chi connectivity index (χ0) is 24.0. The molecule has 0 saturated carbocycles. The lowest BCUT2D eigenvalue weighted by Crippen LogP contribution is -2.24. The Morgan fingerprint density at radius 3 is 2.03 bits per heavy atom. The van der Waals surface area contributed by atoms with Crippen LogP contribution in [0.5, 0.6) is 28.7 Å². The van der Waals surface area contributed by atoms with E-state index in [1.165, 1.54) is 51.7 Å². The molecule has 0 heterocycles. The number of benzene rings is 3. The largest absolute Gasteiger partial charge is 0.493 e. The number of carbonyl (C=O) groups is 1. The van der Waals surface area contributed by atoms with E-state index in [1.807, 2.05) is 0 Å². The zero-order valence-electron chi connectivity index (χ0n) is 18.1. The fourth-order valence-corrected chi connectivity index (χ4v) is 3.09. The van der Waals surface area contributed by atoms with Gasteiger partial charge in [0.25, 0.3) is 5.91 Å². The lowest BCUT2D eigenvalue weighted by molar-refractivity contribution is -0.386. The van der Waals surface area contributed by atoms with Gasteiger partial charge in [-0.05, 0) is 42.0 Å². The highest BCUT2D eigenvalue weighted by Crippen LogP contribution is 2.46. The molecule has 0 atom stereocenters. The first kappa shape index (κ1) is 23.3. The lowest BCUT2D eigenvalue weighted by Gasteiger charge is -2.15. The molecule has 0 aliphatic rings. The van der Waals surface area contributed by atoms with Gasteiger partial charge in [-0.2, -0.15) is 0 Å². The number of nitro benzene ring substituents is 1. The lowest BCUT2D eigenvalue weighted by atomic mass is 10.1. The van der Waals surface area contributed by atoms with Crippen LogP contribution in [0.2, 0.25) is 0 Å². The van der Waals surface area contributed by atoms with Gasteiger partial charge in [-0.15, -0.1) is 0 Å². The minimum Gasteiger partial charge on any atom is -0.493 e. The van der Waals surface area contributed by atoms with E-state index in [2.05, 4.69) is 5.32 Å². The summed E-state index contributed by atoms with van der Waals surface area (Å²) >= 11 is 0. The third-order valence-electron chi connectivity index (χ3n) is 4.66. The van der Waals surface area contributed by atoms with Gasteiger partial charge in [0.1, 0.15) is 22.9 Å². The van der Waals surface area contributed by atoms with Crippen molar-refractivity contribution in [1.82, 2.24) is 5.32 Å². The van der Waals surface area contributed by atoms with Gasteiger partial charge in [-0.1, -0.05) is 12.1 Å². The predicted molar refractivity (Wildman–Crippen MR) is 117 cm³/mol. The summed E-state index contributed by atoms with van der Waals surface area (Å²) in [6.45, 7) is 0.101. The van der Waals surface area contributed by atoms with Crippen molar-refractivity contribution < 1.29 is 33.1 Å². The summed E-state index contributed by atoms with van der Waals surface area (Å²) in [7, 11) is 3.90. The molecule has 0 spiro atoms. The van der Waals surface area contributed by atoms with E-state index in [-0.39, 0.29) is 35.2 Å². The van der Waals surface area contributed by atoms with Crippen LogP contribution in [-0.2, 0) is 6.54 Å². The molecule has 3 aromatic carbocycles. The zero-order valence-corrected chi connectivity index (χ0v) is 18.1. The van der Waals surface area contributed by atoms with Gasteiger partial charge in [-0.25, -0.2) is 4.39 Å².